The van der Waals surface area contributed by atoms with E-state index in [9.17, 15) is 29.4 Å². The third kappa shape index (κ3) is 9.88. The lowest BCUT2D eigenvalue weighted by Gasteiger charge is -2.14. The van der Waals surface area contributed by atoms with Crippen LogP contribution in [0.2, 0.25) is 0 Å². The van der Waals surface area contributed by atoms with E-state index in [4.69, 9.17) is 33.9 Å². The van der Waals surface area contributed by atoms with Gasteiger partial charge in [-0.25, -0.2) is 29.1 Å². The maximum absolute atomic E-state index is 12.9. The molecule has 4 aromatic carbocycles. The van der Waals surface area contributed by atoms with Crippen molar-refractivity contribution in [3.05, 3.63) is 172 Å². The Kier molecular flexibility index (Phi) is 15.0. The molecule has 78 heavy (non-hydrogen) atoms. The summed E-state index contributed by atoms with van der Waals surface area (Å²) < 4.78 is 22.4. The minimum atomic E-state index is -0.493. The van der Waals surface area contributed by atoms with Gasteiger partial charge in [-0.2, -0.15) is 0 Å². The number of carbonyl (C=O) groups is 4. The number of aromatic nitrogens is 5. The van der Waals surface area contributed by atoms with E-state index < -0.39 is 23.9 Å². The van der Waals surface area contributed by atoms with Crippen molar-refractivity contribution in [2.45, 2.75) is 32.1 Å². The molecule has 0 amide bonds. The number of carbonyl (C=O) groups excluding carboxylic acids is 4. The first-order valence-corrected chi connectivity index (χ1v) is 25.4. The van der Waals surface area contributed by atoms with Gasteiger partial charge in [0.25, 0.3) is 0 Å². The van der Waals surface area contributed by atoms with Crippen LogP contribution >= 0.6 is 0 Å². The second kappa shape index (κ2) is 22.5. The summed E-state index contributed by atoms with van der Waals surface area (Å²) in [5.41, 5.74) is 15.5. The number of hydrogen-bond acceptors (Lipinski definition) is 13. The number of rotatable bonds is 15. The number of methoxy groups -OCH3 is 4. The topological polar surface area (TPSA) is 205 Å². The van der Waals surface area contributed by atoms with E-state index in [1.54, 1.807) is 48.5 Å². The molecule has 0 saturated heterocycles. The van der Waals surface area contributed by atoms with Crippen molar-refractivity contribution < 1.29 is 48.3 Å². The molecule has 0 spiro atoms. The fourth-order valence-corrected chi connectivity index (χ4v) is 10.2. The monoisotopic (exact) mass is 1040 g/mol. The molecule has 4 aromatic heterocycles. The first-order chi connectivity index (χ1) is 38.0. The summed E-state index contributed by atoms with van der Waals surface area (Å²) in [6.07, 6.45) is 6.72. The van der Waals surface area contributed by atoms with Crippen LogP contribution in [0.5, 0.6) is 0 Å². The molecule has 2 aliphatic heterocycles. The lowest BCUT2D eigenvalue weighted by atomic mass is 9.94. The van der Waals surface area contributed by atoms with Crippen molar-refractivity contribution in [3.63, 3.8) is 0 Å². The molecule has 2 aliphatic rings. The van der Waals surface area contributed by atoms with Gasteiger partial charge in [0.15, 0.2) is 0 Å². The van der Waals surface area contributed by atoms with Crippen molar-refractivity contribution in [2.24, 2.45) is 7.05 Å². The average Bonchev–Trinajstić information content (AvgIpc) is 4.51. The summed E-state index contributed by atoms with van der Waals surface area (Å²) in [6.45, 7) is -0.00965. The van der Waals surface area contributed by atoms with Crippen molar-refractivity contribution >= 4 is 58.1 Å². The normalized spacial score (nSPS) is 11.5. The second-order valence-corrected chi connectivity index (χ2v) is 18.7. The van der Waals surface area contributed by atoms with Crippen molar-refractivity contribution in [2.75, 3.05) is 41.7 Å². The Bertz CT molecular complexity index is 3860. The third-order valence-corrected chi connectivity index (χ3v) is 14.2. The SMILES string of the molecule is COC(=O)c1ccc(-c2c3nc(c(-c4ccc(C(=O)OC)cc4)c4ccc(c(-c5ccc(C(=O)OC)cc5)c5nc(c(-c6ccc(C(=O)OC)cc6)c6ccc2[nH]6)-c2nc(CCCCO)c(CCCO)cc2-5)n4C)C=C3)cc1. The highest BCUT2D eigenvalue weighted by atomic mass is 16.5. The molecule has 3 N–H and O–H groups in total. The molecule has 0 atom stereocenters. The van der Waals surface area contributed by atoms with Gasteiger partial charge < -0.3 is 38.7 Å². The Morgan fingerprint density at radius 1 is 0.462 bits per heavy atom. The van der Waals surface area contributed by atoms with E-state index in [2.05, 4.69) is 15.6 Å². The number of ether oxygens (including phenoxy) is 4. The molecule has 392 valence electrons. The number of aliphatic hydroxyl groups excluding tert-OH is 2. The van der Waals surface area contributed by atoms with Crippen molar-refractivity contribution in [1.82, 2.24) is 24.5 Å². The summed E-state index contributed by atoms with van der Waals surface area (Å²) in [6, 6.07) is 38.8. The Morgan fingerprint density at radius 2 is 0.897 bits per heavy atom. The number of aliphatic hydroxyl groups is 2. The van der Waals surface area contributed by atoms with Gasteiger partial charge in [0.05, 0.1) is 90.2 Å². The lowest BCUT2D eigenvalue weighted by Crippen LogP contribution is -2.03. The zero-order chi connectivity index (χ0) is 54.6. The molecular formula is C63H55N5O10. The summed E-state index contributed by atoms with van der Waals surface area (Å²) in [7, 11) is 7.33. The molecular weight excluding hydrogens is 987 g/mol. The van der Waals surface area contributed by atoms with Gasteiger partial charge in [-0.1, -0.05) is 48.5 Å². The maximum Gasteiger partial charge on any atom is 0.337 e. The maximum atomic E-state index is 12.9. The van der Waals surface area contributed by atoms with Crippen LogP contribution < -0.4 is 0 Å². The number of aromatic amines is 1. The third-order valence-electron chi connectivity index (χ3n) is 14.2. The molecule has 8 aromatic rings. The van der Waals surface area contributed by atoms with Gasteiger partial charge in [0.1, 0.15) is 0 Å². The summed E-state index contributed by atoms with van der Waals surface area (Å²) in [4.78, 5) is 71.8. The molecule has 0 fully saturated rings. The molecule has 15 heteroatoms. The predicted molar refractivity (Wildman–Crippen MR) is 299 cm³/mol. The smallest absolute Gasteiger partial charge is 0.337 e. The number of aryl methyl sites for hydroxylation is 3. The molecule has 6 heterocycles. The van der Waals surface area contributed by atoms with Crippen LogP contribution in [0, 0.1) is 0 Å². The average molecular weight is 1040 g/mol. The Morgan fingerprint density at radius 3 is 1.38 bits per heavy atom. The highest BCUT2D eigenvalue weighted by Gasteiger charge is 2.30. The number of benzene rings is 4. The van der Waals surface area contributed by atoms with E-state index in [0.717, 1.165) is 50.1 Å². The standard InChI is InChI=1S/C63H55N5O10/c1-68-51-31-32-52(68)56(39-17-25-43(26-18-39)63(74)78-5)57-45-35-44(9-8-34-70)46(10-6-7-33-69)66-58(45)59(67-57)55(38-15-23-42(24-16-38)62(73)77-4)50-30-28-48(65-50)53(36-11-19-40(20-12-36)60(71)75-2)47-27-29-49(64-47)54(51)37-13-21-41(22-14-37)61(72)76-3/h11-32,35,65,69-70H,6-10,33-34H2,1-5H3. The number of fused-ring (bicyclic) bond motifs is 11. The van der Waals surface area contributed by atoms with Crippen LogP contribution in [0.1, 0.15) is 83.3 Å². The number of unbranched alkanes of at least 4 members (excludes halogenated alkanes) is 1. The zero-order valence-electron chi connectivity index (χ0n) is 43.7. The summed E-state index contributed by atoms with van der Waals surface area (Å²) in [5.74, 6) is -1.93. The Labute approximate surface area is 449 Å². The number of pyridine rings is 1. The largest absolute Gasteiger partial charge is 0.465 e. The molecule has 0 aliphatic carbocycles. The molecule has 10 rings (SSSR count). The number of nitrogens with one attached hydrogen (secondary N) is 1. The van der Waals surface area contributed by atoms with Crippen LogP contribution in [0.15, 0.2) is 127 Å². The molecule has 0 radical (unpaired) electrons. The quantitative estimate of drug-likeness (QED) is 0.0497. The van der Waals surface area contributed by atoms with Gasteiger partial charge in [0.2, 0.25) is 0 Å². The number of nitrogens with zero attached hydrogens (tertiary/aromatic N) is 4. The van der Waals surface area contributed by atoms with Crippen LogP contribution in [-0.4, -0.2) is 100 Å². The van der Waals surface area contributed by atoms with Crippen molar-refractivity contribution in [3.8, 4) is 67.2 Å². The van der Waals surface area contributed by atoms with Gasteiger partial charge in [-0.3, -0.25) is 4.98 Å². The molecule has 0 saturated carbocycles. The number of esters is 4. The highest BCUT2D eigenvalue weighted by Crippen LogP contribution is 2.47. The lowest BCUT2D eigenvalue weighted by molar-refractivity contribution is 0.0592. The predicted octanol–water partition coefficient (Wildman–Crippen LogP) is 11.3. The summed E-state index contributed by atoms with van der Waals surface area (Å²) >= 11 is 0. The van der Waals surface area contributed by atoms with Crippen molar-refractivity contribution in [1.29, 1.82) is 0 Å². The first-order valence-electron chi connectivity index (χ1n) is 25.4. The van der Waals surface area contributed by atoms with Crippen LogP contribution in [0.25, 0.3) is 101 Å². The van der Waals surface area contributed by atoms with Gasteiger partial charge >= 0.3 is 23.9 Å². The Balaban J connectivity index is 1.42. The van der Waals surface area contributed by atoms with Crippen LogP contribution in [-0.2, 0) is 38.8 Å². The highest BCUT2D eigenvalue weighted by molar-refractivity contribution is 6.05. The minimum Gasteiger partial charge on any atom is -0.465 e. The van der Waals surface area contributed by atoms with E-state index in [0.29, 0.717) is 116 Å². The minimum absolute atomic E-state index is 0.0236. The van der Waals surface area contributed by atoms with Crippen LogP contribution in [0.4, 0.5) is 0 Å². The first kappa shape index (κ1) is 52.1. The fourth-order valence-electron chi connectivity index (χ4n) is 10.2. The van der Waals surface area contributed by atoms with Gasteiger partial charge in [0, 0.05) is 64.8 Å². The number of hydrogen-bond donors (Lipinski definition) is 3. The second-order valence-electron chi connectivity index (χ2n) is 18.7. The summed E-state index contributed by atoms with van der Waals surface area (Å²) in [5, 5.41) is 20.1. The van der Waals surface area contributed by atoms with E-state index in [1.165, 1.54) is 28.4 Å². The molecule has 15 nitrogen and oxygen atoms in total. The molecule has 0 unspecified atom stereocenters. The molecule has 8 bridgehead atoms. The van der Waals surface area contributed by atoms with Gasteiger partial charge in [-0.05, 0) is 151 Å². The van der Waals surface area contributed by atoms with Gasteiger partial charge in [-0.15, -0.1) is 0 Å². The van der Waals surface area contributed by atoms with E-state index in [1.807, 2.05) is 92.0 Å². The Hall–Kier alpha value is -9.31. The zero-order valence-corrected chi connectivity index (χ0v) is 43.7. The van der Waals surface area contributed by atoms with E-state index >= 15 is 0 Å². The fraction of sp³-hybridized carbons (Fsp3) is 0.190. The van der Waals surface area contributed by atoms with Crippen LogP contribution in [0.3, 0.4) is 0 Å². The van der Waals surface area contributed by atoms with E-state index in [-0.39, 0.29) is 13.2 Å². The number of H-pyrrole nitrogens is 1.